The summed E-state index contributed by atoms with van der Waals surface area (Å²) in [5.41, 5.74) is 0.646. The molecule has 0 aliphatic carbocycles. The van der Waals surface area contributed by atoms with Gasteiger partial charge in [0.15, 0.2) is 23.1 Å². The van der Waals surface area contributed by atoms with Crippen LogP contribution in [0, 0.1) is 11.7 Å². The van der Waals surface area contributed by atoms with Gasteiger partial charge in [0.05, 0.1) is 19.7 Å². The molecule has 0 saturated carbocycles. The summed E-state index contributed by atoms with van der Waals surface area (Å²) in [6, 6.07) is 6.72. The molecule has 204 valence electrons. The smallest absolute Gasteiger partial charge is 0.493 e. The average molecular weight is 539 g/mol. The molecule has 4 amide bonds. The molecular weight excluding hydrogens is 509 g/mol. The highest BCUT2D eigenvalue weighted by atomic mass is 19.1. The Bertz CT molecular complexity index is 1480. The van der Waals surface area contributed by atoms with Gasteiger partial charge in [-0.2, -0.15) is 9.69 Å². The summed E-state index contributed by atoms with van der Waals surface area (Å²) in [6.07, 6.45) is 2.27. The van der Waals surface area contributed by atoms with E-state index in [0.717, 1.165) is 22.1 Å². The SMILES string of the molecule is CCC(C)CN1C(=O)C(C(=O)Nc2ccc(Oc3ccnc4cc(OC)c(OC)cc34)c(F)c2)N=[N+](C)C1=O. The zero-order chi connectivity index (χ0) is 28.3. The van der Waals surface area contributed by atoms with Gasteiger partial charge in [-0.15, -0.1) is 4.70 Å². The molecule has 12 heteroatoms. The Labute approximate surface area is 224 Å². The molecule has 11 nitrogen and oxygen atoms in total. The largest absolute Gasteiger partial charge is 0.520 e. The van der Waals surface area contributed by atoms with Crippen molar-refractivity contribution < 1.29 is 37.7 Å². The normalized spacial score (nSPS) is 16.1. The van der Waals surface area contributed by atoms with E-state index in [0.29, 0.717) is 28.2 Å². The van der Waals surface area contributed by atoms with E-state index in [4.69, 9.17) is 14.2 Å². The molecule has 1 aliphatic rings. The van der Waals surface area contributed by atoms with Crippen LogP contribution in [-0.4, -0.2) is 66.3 Å². The number of aromatic nitrogens is 1. The molecule has 2 unspecified atom stereocenters. The Kier molecular flexibility index (Phi) is 8.03. The minimum Gasteiger partial charge on any atom is -0.493 e. The second-order valence-electron chi connectivity index (χ2n) is 9.06. The quantitative estimate of drug-likeness (QED) is 0.312. The monoisotopic (exact) mass is 538 g/mol. The molecule has 1 aromatic heterocycles. The van der Waals surface area contributed by atoms with E-state index in [1.54, 1.807) is 18.2 Å². The van der Waals surface area contributed by atoms with Crippen LogP contribution in [-0.2, 0) is 9.59 Å². The van der Waals surface area contributed by atoms with Gasteiger partial charge in [0.2, 0.25) is 0 Å². The molecule has 2 atom stereocenters. The highest BCUT2D eigenvalue weighted by molar-refractivity contribution is 6.13. The zero-order valence-corrected chi connectivity index (χ0v) is 22.2. The molecule has 0 fully saturated rings. The Hall–Kier alpha value is -4.61. The van der Waals surface area contributed by atoms with Gasteiger partial charge in [0, 0.05) is 29.4 Å². The van der Waals surface area contributed by atoms with Gasteiger partial charge >= 0.3 is 11.9 Å². The average Bonchev–Trinajstić information content (AvgIpc) is 2.93. The van der Waals surface area contributed by atoms with Gasteiger partial charge in [-0.3, -0.25) is 9.78 Å². The second kappa shape index (κ2) is 11.4. The van der Waals surface area contributed by atoms with Crippen molar-refractivity contribution >= 4 is 34.4 Å². The number of urea groups is 1. The number of halogens is 1. The highest BCUT2D eigenvalue weighted by Gasteiger charge is 2.47. The summed E-state index contributed by atoms with van der Waals surface area (Å²) >= 11 is 0. The van der Waals surface area contributed by atoms with Crippen LogP contribution in [0.25, 0.3) is 10.9 Å². The van der Waals surface area contributed by atoms with Crippen LogP contribution in [0.15, 0.2) is 47.7 Å². The fourth-order valence-electron chi connectivity index (χ4n) is 3.99. The van der Waals surface area contributed by atoms with Crippen molar-refractivity contribution in [1.82, 2.24) is 9.88 Å². The lowest BCUT2D eigenvalue weighted by Crippen LogP contribution is -2.54. The summed E-state index contributed by atoms with van der Waals surface area (Å²) < 4.78 is 32.5. The third-order valence-electron chi connectivity index (χ3n) is 6.36. The molecule has 2 aromatic carbocycles. The summed E-state index contributed by atoms with van der Waals surface area (Å²) in [5.74, 6) is -1.04. The predicted molar refractivity (Wildman–Crippen MR) is 139 cm³/mol. The Morgan fingerprint density at radius 1 is 1.10 bits per heavy atom. The number of nitrogens with one attached hydrogen (secondary N) is 1. The Morgan fingerprint density at radius 2 is 1.82 bits per heavy atom. The number of benzene rings is 2. The maximum atomic E-state index is 15.0. The van der Waals surface area contributed by atoms with Gasteiger partial charge < -0.3 is 19.5 Å². The van der Waals surface area contributed by atoms with Crippen LogP contribution in [0.3, 0.4) is 0 Å². The van der Waals surface area contributed by atoms with Crippen molar-refractivity contribution in [3.63, 3.8) is 0 Å². The fraction of sp³-hybridized carbons (Fsp3) is 0.333. The molecule has 1 N–H and O–H groups in total. The van der Waals surface area contributed by atoms with Crippen LogP contribution in [0.4, 0.5) is 14.9 Å². The van der Waals surface area contributed by atoms with E-state index in [1.807, 2.05) is 13.8 Å². The number of methoxy groups -OCH3 is 2. The maximum Gasteiger partial charge on any atom is 0.520 e. The van der Waals surface area contributed by atoms with Gasteiger partial charge in [-0.1, -0.05) is 19.0 Å². The molecule has 2 heterocycles. The van der Waals surface area contributed by atoms with E-state index >= 15 is 4.39 Å². The number of anilines is 1. The third-order valence-corrected chi connectivity index (χ3v) is 6.36. The number of hydrogen-bond acceptors (Lipinski definition) is 8. The van der Waals surface area contributed by atoms with Crippen molar-refractivity contribution in [2.24, 2.45) is 11.0 Å². The molecule has 4 rings (SSSR count). The number of carbonyl (C=O) groups excluding carboxylic acids is 3. The molecular formula is C27H29FN5O6+. The van der Waals surface area contributed by atoms with Gasteiger partial charge in [-0.25, -0.2) is 9.18 Å². The van der Waals surface area contributed by atoms with E-state index in [-0.39, 0.29) is 23.9 Å². The number of azo groups is 2. The topological polar surface area (TPSA) is 122 Å². The first-order valence-corrected chi connectivity index (χ1v) is 12.3. The molecule has 39 heavy (non-hydrogen) atoms. The first-order chi connectivity index (χ1) is 18.7. The minimum absolute atomic E-state index is 0.0513. The van der Waals surface area contributed by atoms with Gasteiger partial charge in [-0.05, 0) is 36.6 Å². The predicted octanol–water partition coefficient (Wildman–Crippen LogP) is 4.59. The number of imide groups is 1. The lowest BCUT2D eigenvalue weighted by atomic mass is 10.1. The van der Waals surface area contributed by atoms with Crippen molar-refractivity contribution in [1.29, 1.82) is 0 Å². The molecule has 0 bridgehead atoms. The summed E-state index contributed by atoms with van der Waals surface area (Å²) in [4.78, 5) is 43.5. The van der Waals surface area contributed by atoms with Crippen LogP contribution < -0.4 is 19.5 Å². The lowest BCUT2D eigenvalue weighted by Gasteiger charge is -2.22. The molecule has 1 aliphatic heterocycles. The van der Waals surface area contributed by atoms with Crippen LogP contribution in [0.5, 0.6) is 23.0 Å². The number of amides is 4. The van der Waals surface area contributed by atoms with Crippen LogP contribution in [0.2, 0.25) is 0 Å². The highest BCUT2D eigenvalue weighted by Crippen LogP contribution is 2.37. The molecule has 0 radical (unpaired) electrons. The Morgan fingerprint density at radius 3 is 2.49 bits per heavy atom. The first kappa shape index (κ1) is 27.4. The second-order valence-corrected chi connectivity index (χ2v) is 9.06. The minimum atomic E-state index is -1.48. The number of nitrogens with zero attached hydrogens (tertiary/aromatic N) is 4. The van der Waals surface area contributed by atoms with Crippen LogP contribution in [0.1, 0.15) is 20.3 Å². The van der Waals surface area contributed by atoms with Crippen molar-refractivity contribution in [2.75, 3.05) is 33.1 Å². The fourth-order valence-corrected chi connectivity index (χ4v) is 3.99. The van der Waals surface area contributed by atoms with Crippen molar-refractivity contribution in [2.45, 2.75) is 26.3 Å². The van der Waals surface area contributed by atoms with Crippen LogP contribution >= 0.6 is 0 Å². The number of fused-ring (bicyclic) bond motifs is 1. The lowest BCUT2D eigenvalue weighted by molar-refractivity contribution is -0.482. The van der Waals surface area contributed by atoms with Crippen molar-refractivity contribution in [3.8, 4) is 23.0 Å². The maximum absolute atomic E-state index is 15.0. The van der Waals surface area contributed by atoms with Crippen molar-refractivity contribution in [3.05, 3.63) is 48.4 Å². The summed E-state index contributed by atoms with van der Waals surface area (Å²) in [6.45, 7) is 4.01. The van der Waals surface area contributed by atoms with E-state index in [9.17, 15) is 14.4 Å². The third kappa shape index (κ3) is 5.64. The summed E-state index contributed by atoms with van der Waals surface area (Å²) in [5, 5.41) is 6.99. The summed E-state index contributed by atoms with van der Waals surface area (Å²) in [7, 11) is 4.39. The van der Waals surface area contributed by atoms with E-state index < -0.39 is 29.7 Å². The van der Waals surface area contributed by atoms with E-state index in [1.165, 1.54) is 39.6 Å². The number of pyridine rings is 1. The number of ether oxygens (including phenoxy) is 3. The van der Waals surface area contributed by atoms with Gasteiger partial charge in [0.1, 0.15) is 19.3 Å². The zero-order valence-electron chi connectivity index (χ0n) is 22.2. The molecule has 3 aromatic rings. The molecule has 0 saturated heterocycles. The number of rotatable bonds is 9. The standard InChI is InChI=1S/C27H28FN5O6/c1-6-15(2)14-33-26(35)24(31-32(3)27(33)36)25(34)30-16-7-8-21(18(28)11-16)39-20-9-10-29-19-13-23(38-5)22(37-4)12-17(19)20/h7-13,15,24H,6,14H2,1-5H3/p+1. The van der Waals surface area contributed by atoms with E-state index in [2.05, 4.69) is 15.4 Å². The number of carbonyl (C=O) groups is 3. The Balaban J connectivity index is 1.53. The number of hydrogen-bond donors (Lipinski definition) is 1. The molecule has 0 spiro atoms. The first-order valence-electron chi connectivity index (χ1n) is 12.3. The van der Waals surface area contributed by atoms with Gasteiger partial charge in [0.25, 0.3) is 11.9 Å².